The number of carbonyl (C=O) groups is 3. The second-order valence-electron chi connectivity index (χ2n) is 12.4. The van der Waals surface area contributed by atoms with Crippen LogP contribution in [0.5, 0.6) is 0 Å². The summed E-state index contributed by atoms with van der Waals surface area (Å²) in [5, 5.41) is 0. The lowest BCUT2D eigenvalue weighted by atomic mass is 9.91. The van der Waals surface area contributed by atoms with Gasteiger partial charge in [-0.25, -0.2) is 9.78 Å². The van der Waals surface area contributed by atoms with E-state index in [1.165, 1.54) is 6.26 Å². The number of hydrogen-bond acceptors (Lipinski definition) is 7. The van der Waals surface area contributed by atoms with Gasteiger partial charge in [-0.2, -0.15) is 0 Å². The van der Waals surface area contributed by atoms with Crippen LogP contribution in [0.25, 0.3) is 11.0 Å². The predicted octanol–water partition coefficient (Wildman–Crippen LogP) is 3.78. The molecule has 11 heteroatoms. The van der Waals surface area contributed by atoms with Crippen LogP contribution in [0.2, 0.25) is 0 Å². The molecule has 0 saturated carbocycles. The Morgan fingerprint density at radius 3 is 2.52 bits per heavy atom. The van der Waals surface area contributed by atoms with Gasteiger partial charge in [-0.3, -0.25) is 9.59 Å². The van der Waals surface area contributed by atoms with Crippen LogP contribution >= 0.6 is 0 Å². The number of morpholine rings is 1. The van der Waals surface area contributed by atoms with Crippen LogP contribution in [-0.4, -0.2) is 106 Å². The first-order chi connectivity index (χ1) is 20.0. The number of fused-ring (bicyclic) bond motifs is 1. The number of aromatic nitrogens is 2. The Hall–Kier alpha value is -3.60. The highest BCUT2D eigenvalue weighted by molar-refractivity contribution is 5.95. The van der Waals surface area contributed by atoms with Crippen molar-refractivity contribution in [2.75, 3.05) is 52.5 Å². The van der Waals surface area contributed by atoms with Gasteiger partial charge in [-0.1, -0.05) is 32.6 Å². The molecule has 0 radical (unpaired) electrons. The maximum Gasteiger partial charge on any atom is 0.410 e. The zero-order valence-corrected chi connectivity index (χ0v) is 25.6. The molecule has 2 aromatic rings. The summed E-state index contributed by atoms with van der Waals surface area (Å²) >= 11 is 0. The summed E-state index contributed by atoms with van der Waals surface area (Å²) in [4.78, 5) is 51.4. The number of hydrogen-bond donors (Lipinski definition) is 0. The van der Waals surface area contributed by atoms with Gasteiger partial charge >= 0.3 is 6.09 Å². The Morgan fingerprint density at radius 2 is 1.86 bits per heavy atom. The van der Waals surface area contributed by atoms with E-state index in [-0.39, 0.29) is 30.8 Å². The second kappa shape index (κ2) is 13.6. The normalized spacial score (nSPS) is 19.6. The van der Waals surface area contributed by atoms with Gasteiger partial charge < -0.3 is 33.5 Å². The zero-order chi connectivity index (χ0) is 30.4. The van der Waals surface area contributed by atoms with E-state index in [0.717, 1.165) is 5.52 Å². The first-order valence-electron chi connectivity index (χ1n) is 14.8. The van der Waals surface area contributed by atoms with E-state index in [1.807, 2.05) is 63.5 Å². The number of rotatable bonds is 9. The molecule has 3 heterocycles. The van der Waals surface area contributed by atoms with Gasteiger partial charge in [0, 0.05) is 32.7 Å². The van der Waals surface area contributed by atoms with Gasteiger partial charge in [0.15, 0.2) is 5.82 Å². The maximum atomic E-state index is 14.4. The highest BCUT2D eigenvalue weighted by atomic mass is 16.6. The average Bonchev–Trinajstić information content (AvgIpc) is 3.33. The predicted molar refractivity (Wildman–Crippen MR) is 159 cm³/mol. The number of imidazole rings is 1. The Labute approximate surface area is 248 Å². The molecule has 1 aromatic heterocycles. The van der Waals surface area contributed by atoms with Gasteiger partial charge in [0.1, 0.15) is 12.2 Å². The molecular weight excluding hydrogens is 538 g/mol. The highest BCUT2D eigenvalue weighted by Gasteiger charge is 2.41. The highest BCUT2D eigenvalue weighted by Crippen LogP contribution is 2.28. The van der Waals surface area contributed by atoms with Crippen molar-refractivity contribution < 1.29 is 28.6 Å². The van der Waals surface area contributed by atoms with E-state index in [4.69, 9.17) is 19.2 Å². The van der Waals surface area contributed by atoms with Crippen LogP contribution in [0.15, 0.2) is 37.1 Å². The van der Waals surface area contributed by atoms with Crippen molar-refractivity contribution in [3.63, 3.8) is 0 Å². The van der Waals surface area contributed by atoms with Crippen molar-refractivity contribution in [3.05, 3.63) is 42.9 Å². The molecule has 2 aliphatic heterocycles. The lowest BCUT2D eigenvalue weighted by Crippen LogP contribution is -2.58. The number of ether oxygens (including phenoxy) is 3. The minimum Gasteiger partial charge on any atom is -0.500 e. The van der Waals surface area contributed by atoms with E-state index in [9.17, 15) is 14.4 Å². The van der Waals surface area contributed by atoms with Crippen LogP contribution in [0.3, 0.4) is 0 Å². The number of piperidine rings is 1. The molecule has 0 bridgehead atoms. The fourth-order valence-electron chi connectivity index (χ4n) is 5.61. The standard InChI is InChI=1S/C31H45N5O6/c1-7-40-17-14-35-26-11-9-8-10-25(26)32-27(35)29(38)36(19-22(2)3)24-18-23(28(37)33-12-15-41-16-13-33)20-34(21-24)30(39)42-31(4,5)6/h7-11,22-24H,1,12-21H2,2-6H3/t23-,24+/m1/s1. The van der Waals surface area contributed by atoms with Crippen LogP contribution < -0.4 is 0 Å². The third-order valence-electron chi connectivity index (χ3n) is 7.41. The molecule has 0 N–H and O–H groups in total. The summed E-state index contributed by atoms with van der Waals surface area (Å²) in [5.74, 6) is -0.304. The Morgan fingerprint density at radius 1 is 1.14 bits per heavy atom. The molecular formula is C31H45N5O6. The number of amides is 3. The first-order valence-corrected chi connectivity index (χ1v) is 14.8. The molecule has 3 amide bonds. The van der Waals surface area contributed by atoms with Crippen LogP contribution in [0.4, 0.5) is 4.79 Å². The molecule has 0 unspecified atom stereocenters. The molecule has 2 saturated heterocycles. The maximum absolute atomic E-state index is 14.4. The van der Waals surface area contributed by atoms with E-state index < -0.39 is 23.7 Å². The topological polar surface area (TPSA) is 106 Å². The lowest BCUT2D eigenvalue weighted by molar-refractivity contribution is -0.142. The third kappa shape index (κ3) is 7.61. The second-order valence-corrected chi connectivity index (χ2v) is 12.4. The third-order valence-corrected chi connectivity index (χ3v) is 7.41. The van der Waals surface area contributed by atoms with Gasteiger partial charge in [-0.05, 0) is 45.2 Å². The van der Waals surface area contributed by atoms with E-state index in [1.54, 1.807) is 14.7 Å². The van der Waals surface area contributed by atoms with Gasteiger partial charge in [0.25, 0.3) is 5.91 Å². The largest absolute Gasteiger partial charge is 0.500 e. The number of nitrogens with zero attached hydrogens (tertiary/aromatic N) is 5. The Bertz CT molecular complexity index is 1260. The van der Waals surface area contributed by atoms with Crippen molar-refractivity contribution >= 4 is 28.9 Å². The van der Waals surface area contributed by atoms with Gasteiger partial charge in [-0.15, -0.1) is 0 Å². The summed E-state index contributed by atoms with van der Waals surface area (Å²) in [6.07, 6.45) is 1.33. The van der Waals surface area contributed by atoms with E-state index in [2.05, 4.69) is 6.58 Å². The SMILES string of the molecule is C=COCCn1c(C(=O)N(CC(C)C)[C@H]2C[C@@H](C(=O)N3CCOCC3)CN(C(=O)OC(C)(C)C)C2)nc2ccccc21. The van der Waals surface area contributed by atoms with Gasteiger partial charge in [0.05, 0.1) is 49.0 Å². The summed E-state index contributed by atoms with van der Waals surface area (Å²) < 4.78 is 18.4. The molecule has 2 fully saturated rings. The summed E-state index contributed by atoms with van der Waals surface area (Å²) in [6.45, 7) is 16.9. The number of carbonyl (C=O) groups excluding carboxylic acids is 3. The summed E-state index contributed by atoms with van der Waals surface area (Å²) in [5.41, 5.74) is 0.847. The Balaban J connectivity index is 1.69. The lowest BCUT2D eigenvalue weighted by Gasteiger charge is -2.44. The molecule has 4 rings (SSSR count). The van der Waals surface area contributed by atoms with Crippen LogP contribution in [0.1, 0.15) is 51.7 Å². The average molecular weight is 584 g/mol. The molecule has 230 valence electrons. The van der Waals surface area contributed by atoms with Crippen molar-refractivity contribution in [1.29, 1.82) is 0 Å². The molecule has 0 aliphatic carbocycles. The fraction of sp³-hybridized carbons (Fsp3) is 0.613. The minimum absolute atomic E-state index is 0.0256. The minimum atomic E-state index is -0.695. The van der Waals surface area contributed by atoms with Crippen molar-refractivity contribution in [2.45, 2.75) is 59.2 Å². The van der Waals surface area contributed by atoms with Crippen LogP contribution in [0, 0.1) is 11.8 Å². The van der Waals surface area contributed by atoms with Crippen molar-refractivity contribution in [2.24, 2.45) is 11.8 Å². The monoisotopic (exact) mass is 583 g/mol. The molecule has 2 aliphatic rings. The zero-order valence-electron chi connectivity index (χ0n) is 25.6. The van der Waals surface area contributed by atoms with E-state index in [0.29, 0.717) is 63.8 Å². The number of likely N-dealkylation sites (tertiary alicyclic amines) is 1. The number of benzene rings is 1. The summed E-state index contributed by atoms with van der Waals surface area (Å²) in [7, 11) is 0. The van der Waals surface area contributed by atoms with Crippen molar-refractivity contribution in [3.8, 4) is 0 Å². The fourth-order valence-corrected chi connectivity index (χ4v) is 5.61. The molecule has 1 aromatic carbocycles. The van der Waals surface area contributed by atoms with Crippen molar-refractivity contribution in [1.82, 2.24) is 24.3 Å². The Kier molecular flexibility index (Phi) is 10.1. The van der Waals surface area contributed by atoms with Gasteiger partial charge in [0.2, 0.25) is 5.91 Å². The molecule has 42 heavy (non-hydrogen) atoms. The number of para-hydroxylation sites is 2. The molecule has 11 nitrogen and oxygen atoms in total. The first kappa shape index (κ1) is 31.3. The molecule has 2 atom stereocenters. The van der Waals surface area contributed by atoms with Crippen LogP contribution in [-0.2, 0) is 25.5 Å². The quantitative estimate of drug-likeness (QED) is 0.327. The van der Waals surface area contributed by atoms with E-state index >= 15 is 0 Å². The molecule has 0 spiro atoms. The smallest absolute Gasteiger partial charge is 0.410 e. The summed E-state index contributed by atoms with van der Waals surface area (Å²) in [6, 6.07) is 7.21.